The van der Waals surface area contributed by atoms with Crippen LogP contribution in [0, 0.1) is 18.3 Å². The Bertz CT molecular complexity index is 899. The topological polar surface area (TPSA) is 61.7 Å². The van der Waals surface area contributed by atoms with Crippen LogP contribution in [0.2, 0.25) is 0 Å². The van der Waals surface area contributed by atoms with Crippen molar-refractivity contribution >= 4 is 22.7 Å². The number of H-pyrrole nitrogens is 1. The summed E-state index contributed by atoms with van der Waals surface area (Å²) >= 11 is 0. The molecule has 0 aliphatic rings. The number of ether oxygens (including phenoxy) is 1. The highest BCUT2D eigenvalue weighted by Gasteiger charge is 2.08. The number of nitriles is 1. The fraction of sp³-hybridized carbons (Fsp3) is 0.158. The molecule has 0 saturated heterocycles. The number of imidazole rings is 1. The molecule has 1 aromatic heterocycles. The molecule has 0 amide bonds. The van der Waals surface area contributed by atoms with Crippen LogP contribution in [-0.4, -0.2) is 16.6 Å². The zero-order chi connectivity index (χ0) is 16.2. The number of hydrogen-bond acceptors (Lipinski definition) is 3. The van der Waals surface area contributed by atoms with Gasteiger partial charge in [-0.25, -0.2) is 4.98 Å². The molecular formula is C19H17N3O. The first-order valence-electron chi connectivity index (χ1n) is 7.51. The second kappa shape index (κ2) is 6.37. The number of aryl methyl sites for hydroxylation is 1. The minimum atomic E-state index is 0.503. The van der Waals surface area contributed by atoms with E-state index in [-0.39, 0.29) is 0 Å². The van der Waals surface area contributed by atoms with Gasteiger partial charge in [0.15, 0.2) is 0 Å². The van der Waals surface area contributed by atoms with Crippen molar-refractivity contribution in [2.24, 2.45) is 0 Å². The second-order valence-electron chi connectivity index (χ2n) is 5.28. The Morgan fingerprint density at radius 2 is 2.04 bits per heavy atom. The summed E-state index contributed by atoms with van der Waals surface area (Å²) in [5, 5.41) is 9.46. The molecule has 0 aliphatic carbocycles. The Hall–Kier alpha value is -3.06. The van der Waals surface area contributed by atoms with E-state index in [4.69, 9.17) is 4.74 Å². The maximum atomic E-state index is 9.46. The van der Waals surface area contributed by atoms with Crippen molar-refractivity contribution in [3.8, 4) is 11.8 Å². The number of allylic oxidation sites excluding steroid dienone is 1. The van der Waals surface area contributed by atoms with Gasteiger partial charge in [-0.1, -0.05) is 18.2 Å². The van der Waals surface area contributed by atoms with E-state index < -0.39 is 0 Å². The number of aromatic amines is 1. The van der Waals surface area contributed by atoms with Gasteiger partial charge in [-0.15, -0.1) is 0 Å². The van der Waals surface area contributed by atoms with E-state index in [1.165, 1.54) is 0 Å². The van der Waals surface area contributed by atoms with Crippen molar-refractivity contribution in [1.82, 2.24) is 9.97 Å². The predicted octanol–water partition coefficient (Wildman–Crippen LogP) is 4.33. The van der Waals surface area contributed by atoms with Crippen LogP contribution < -0.4 is 4.74 Å². The SMILES string of the molecule is CCOc1ccc(/C=C(\C#N)c2nc3ccc(C)cc3[nH]2)cc1. The first-order chi connectivity index (χ1) is 11.2. The monoisotopic (exact) mass is 303 g/mol. The van der Waals surface area contributed by atoms with Crippen LogP contribution in [-0.2, 0) is 0 Å². The smallest absolute Gasteiger partial charge is 0.149 e. The van der Waals surface area contributed by atoms with Gasteiger partial charge in [0.2, 0.25) is 0 Å². The molecule has 0 unspecified atom stereocenters. The van der Waals surface area contributed by atoms with Crippen molar-refractivity contribution in [2.45, 2.75) is 13.8 Å². The molecule has 1 N–H and O–H groups in total. The number of fused-ring (bicyclic) bond motifs is 1. The Morgan fingerprint density at radius 1 is 1.26 bits per heavy atom. The van der Waals surface area contributed by atoms with Crippen LogP contribution in [0.4, 0.5) is 0 Å². The Kier molecular flexibility index (Phi) is 4.11. The average molecular weight is 303 g/mol. The summed E-state index contributed by atoms with van der Waals surface area (Å²) in [6, 6.07) is 15.8. The van der Waals surface area contributed by atoms with E-state index in [0.29, 0.717) is 18.0 Å². The van der Waals surface area contributed by atoms with Crippen LogP contribution in [0.5, 0.6) is 5.75 Å². The Balaban J connectivity index is 1.95. The summed E-state index contributed by atoms with van der Waals surface area (Å²) in [7, 11) is 0. The summed E-state index contributed by atoms with van der Waals surface area (Å²) in [6.07, 6.45) is 1.82. The van der Waals surface area contributed by atoms with Crippen LogP contribution in [0.15, 0.2) is 42.5 Å². The van der Waals surface area contributed by atoms with E-state index in [9.17, 15) is 5.26 Å². The van der Waals surface area contributed by atoms with E-state index >= 15 is 0 Å². The molecule has 1 heterocycles. The van der Waals surface area contributed by atoms with E-state index in [0.717, 1.165) is 27.9 Å². The Labute approximate surface area is 135 Å². The molecule has 0 radical (unpaired) electrons. The average Bonchev–Trinajstić information content (AvgIpc) is 2.97. The molecule has 3 aromatic rings. The number of nitrogens with one attached hydrogen (secondary N) is 1. The third-order valence-corrected chi connectivity index (χ3v) is 3.52. The van der Waals surface area contributed by atoms with Gasteiger partial charge in [0.25, 0.3) is 0 Å². The van der Waals surface area contributed by atoms with Crippen molar-refractivity contribution in [3.05, 3.63) is 59.4 Å². The van der Waals surface area contributed by atoms with Gasteiger partial charge < -0.3 is 9.72 Å². The second-order valence-corrected chi connectivity index (χ2v) is 5.28. The zero-order valence-electron chi connectivity index (χ0n) is 13.1. The summed E-state index contributed by atoms with van der Waals surface area (Å²) in [5.41, 5.74) is 4.39. The van der Waals surface area contributed by atoms with E-state index in [1.54, 1.807) is 0 Å². The zero-order valence-corrected chi connectivity index (χ0v) is 13.1. The molecule has 0 aliphatic heterocycles. The van der Waals surface area contributed by atoms with Crippen molar-refractivity contribution in [2.75, 3.05) is 6.61 Å². The Morgan fingerprint density at radius 3 is 2.74 bits per heavy atom. The van der Waals surface area contributed by atoms with Crippen molar-refractivity contribution in [3.63, 3.8) is 0 Å². The molecule has 0 saturated carbocycles. The lowest BCUT2D eigenvalue weighted by Gasteiger charge is -2.02. The molecule has 0 fully saturated rings. The number of rotatable bonds is 4. The molecule has 3 rings (SSSR count). The highest BCUT2D eigenvalue weighted by Crippen LogP contribution is 2.21. The normalized spacial score (nSPS) is 11.4. The van der Waals surface area contributed by atoms with Crippen LogP contribution in [0.1, 0.15) is 23.9 Å². The minimum Gasteiger partial charge on any atom is -0.494 e. The van der Waals surface area contributed by atoms with Gasteiger partial charge in [-0.05, 0) is 55.3 Å². The highest BCUT2D eigenvalue weighted by molar-refractivity contribution is 5.90. The quantitative estimate of drug-likeness (QED) is 0.729. The first-order valence-corrected chi connectivity index (χ1v) is 7.51. The molecule has 2 aromatic carbocycles. The minimum absolute atomic E-state index is 0.503. The third-order valence-electron chi connectivity index (χ3n) is 3.52. The molecule has 0 spiro atoms. The number of benzene rings is 2. The standard InChI is InChI=1S/C19H17N3O/c1-3-23-16-7-5-14(6-8-16)11-15(12-20)19-21-17-9-4-13(2)10-18(17)22-19/h4-11H,3H2,1-2H3,(H,21,22)/b15-11+. The predicted molar refractivity (Wildman–Crippen MR) is 91.9 cm³/mol. The van der Waals surface area contributed by atoms with Crippen LogP contribution in [0.25, 0.3) is 22.7 Å². The largest absolute Gasteiger partial charge is 0.494 e. The van der Waals surface area contributed by atoms with Gasteiger partial charge in [0, 0.05) is 0 Å². The lowest BCUT2D eigenvalue weighted by Crippen LogP contribution is -1.90. The summed E-state index contributed by atoms with van der Waals surface area (Å²) in [4.78, 5) is 7.71. The molecule has 114 valence electrons. The van der Waals surface area contributed by atoms with Gasteiger partial charge in [-0.2, -0.15) is 5.26 Å². The highest BCUT2D eigenvalue weighted by atomic mass is 16.5. The van der Waals surface area contributed by atoms with Gasteiger partial charge >= 0.3 is 0 Å². The van der Waals surface area contributed by atoms with Gasteiger partial charge in [0.1, 0.15) is 17.6 Å². The fourth-order valence-corrected chi connectivity index (χ4v) is 2.40. The fourth-order valence-electron chi connectivity index (χ4n) is 2.40. The van der Waals surface area contributed by atoms with Gasteiger partial charge in [0.05, 0.1) is 23.2 Å². The van der Waals surface area contributed by atoms with Crippen molar-refractivity contribution in [1.29, 1.82) is 5.26 Å². The summed E-state index contributed by atoms with van der Waals surface area (Å²) in [5.74, 6) is 1.41. The maximum absolute atomic E-state index is 9.46. The maximum Gasteiger partial charge on any atom is 0.149 e. The lowest BCUT2D eigenvalue weighted by molar-refractivity contribution is 0.340. The lowest BCUT2D eigenvalue weighted by atomic mass is 10.1. The molecule has 23 heavy (non-hydrogen) atoms. The third kappa shape index (κ3) is 3.24. The number of aromatic nitrogens is 2. The summed E-state index contributed by atoms with van der Waals surface area (Å²) < 4.78 is 5.42. The van der Waals surface area contributed by atoms with Gasteiger partial charge in [-0.3, -0.25) is 0 Å². The number of hydrogen-bond donors (Lipinski definition) is 1. The van der Waals surface area contributed by atoms with E-state index in [2.05, 4.69) is 16.0 Å². The molecule has 4 nitrogen and oxygen atoms in total. The molecule has 4 heteroatoms. The first kappa shape index (κ1) is 14.9. The molecule has 0 atom stereocenters. The van der Waals surface area contributed by atoms with Crippen LogP contribution in [0.3, 0.4) is 0 Å². The number of nitrogens with zero attached hydrogens (tertiary/aromatic N) is 2. The van der Waals surface area contributed by atoms with Crippen molar-refractivity contribution < 1.29 is 4.74 Å². The van der Waals surface area contributed by atoms with Crippen LogP contribution >= 0.6 is 0 Å². The molecular weight excluding hydrogens is 286 g/mol. The van der Waals surface area contributed by atoms with E-state index in [1.807, 2.05) is 62.4 Å². The summed E-state index contributed by atoms with van der Waals surface area (Å²) in [6.45, 7) is 4.61. The molecule has 0 bridgehead atoms.